The number of hydrogen-bond donors (Lipinski definition) is 1. The first kappa shape index (κ1) is 18.0. The molecule has 1 N–H and O–H groups in total. The van der Waals surface area contributed by atoms with Gasteiger partial charge >= 0.3 is 12.1 Å². The Hall–Kier alpha value is -3.36. The molecule has 0 fully saturated rings. The topological polar surface area (TPSA) is 104 Å². The molecule has 1 heterocycles. The molecule has 9 nitrogen and oxygen atoms in total. The average Bonchev–Trinajstić information content (AvgIpc) is 2.65. The molecule has 132 valence electrons. The van der Waals surface area contributed by atoms with E-state index in [1.165, 1.54) is 27.4 Å². The standard InChI is InChI=1S/C16H18N4O5/c1-10(19-20-16(21)24-4)11-7-5-6-8-12(11)25-15-17-13(22-2)9-14(18-15)23-3/h5-9H,1-4H3,(H,20,21). The predicted octanol–water partition coefficient (Wildman–Crippen LogP) is 2.37. The minimum absolute atomic E-state index is 0.0531. The van der Waals surface area contributed by atoms with E-state index in [1.807, 2.05) is 6.07 Å². The Labute approximate surface area is 144 Å². The molecule has 0 saturated carbocycles. The van der Waals surface area contributed by atoms with E-state index in [4.69, 9.17) is 14.2 Å². The Bertz CT molecular complexity index is 757. The minimum atomic E-state index is -0.668. The fraction of sp³-hybridized carbons (Fsp3) is 0.250. The van der Waals surface area contributed by atoms with Crippen molar-refractivity contribution in [2.75, 3.05) is 21.3 Å². The third-order valence-corrected chi connectivity index (χ3v) is 3.06. The lowest BCUT2D eigenvalue weighted by Crippen LogP contribution is -2.18. The number of nitrogens with zero attached hydrogens (tertiary/aromatic N) is 3. The average molecular weight is 346 g/mol. The van der Waals surface area contributed by atoms with E-state index in [2.05, 4.69) is 25.2 Å². The number of hydrazone groups is 1. The van der Waals surface area contributed by atoms with E-state index >= 15 is 0 Å². The fourth-order valence-corrected chi connectivity index (χ4v) is 1.83. The number of benzene rings is 1. The van der Waals surface area contributed by atoms with E-state index in [1.54, 1.807) is 25.1 Å². The van der Waals surface area contributed by atoms with Crippen LogP contribution < -0.4 is 19.6 Å². The number of aromatic nitrogens is 2. The molecule has 9 heteroatoms. The molecule has 0 aliphatic heterocycles. The monoisotopic (exact) mass is 346 g/mol. The molecule has 25 heavy (non-hydrogen) atoms. The van der Waals surface area contributed by atoms with Gasteiger partial charge < -0.3 is 18.9 Å². The van der Waals surface area contributed by atoms with Gasteiger partial charge in [-0.05, 0) is 19.1 Å². The normalized spacial score (nSPS) is 10.8. The van der Waals surface area contributed by atoms with E-state index in [9.17, 15) is 4.79 Å². The quantitative estimate of drug-likeness (QED) is 0.632. The van der Waals surface area contributed by atoms with Crippen LogP contribution in [0.5, 0.6) is 23.5 Å². The van der Waals surface area contributed by atoms with Crippen molar-refractivity contribution < 1.29 is 23.7 Å². The highest BCUT2D eigenvalue weighted by molar-refractivity contribution is 6.01. The maximum Gasteiger partial charge on any atom is 0.427 e. The second-order valence-electron chi connectivity index (χ2n) is 4.63. The first-order valence-corrected chi connectivity index (χ1v) is 7.20. The number of hydrogen-bond acceptors (Lipinski definition) is 8. The molecule has 0 spiro atoms. The van der Waals surface area contributed by atoms with Gasteiger partial charge in [0.2, 0.25) is 11.8 Å². The maximum absolute atomic E-state index is 11.1. The second kappa shape index (κ2) is 8.48. The molecule has 2 rings (SSSR count). The lowest BCUT2D eigenvalue weighted by molar-refractivity contribution is 0.171. The Morgan fingerprint density at radius 1 is 1.08 bits per heavy atom. The van der Waals surface area contributed by atoms with Crippen molar-refractivity contribution in [3.63, 3.8) is 0 Å². The molecule has 0 bridgehead atoms. The van der Waals surface area contributed by atoms with Gasteiger partial charge in [0, 0.05) is 5.56 Å². The van der Waals surface area contributed by atoms with Gasteiger partial charge in [-0.2, -0.15) is 15.1 Å². The van der Waals surface area contributed by atoms with E-state index in [-0.39, 0.29) is 6.01 Å². The number of carbonyl (C=O) groups excluding carboxylic acids is 1. The molecule has 0 saturated heterocycles. The van der Waals surface area contributed by atoms with Crippen molar-refractivity contribution in [3.05, 3.63) is 35.9 Å². The van der Waals surface area contributed by atoms with Crippen molar-refractivity contribution in [1.82, 2.24) is 15.4 Å². The van der Waals surface area contributed by atoms with Gasteiger partial charge in [0.05, 0.1) is 33.1 Å². The van der Waals surface area contributed by atoms with Gasteiger partial charge in [0.1, 0.15) is 5.75 Å². The zero-order valence-corrected chi connectivity index (χ0v) is 14.3. The highest BCUT2D eigenvalue weighted by atomic mass is 16.5. The largest absolute Gasteiger partial charge is 0.481 e. The van der Waals surface area contributed by atoms with Gasteiger partial charge in [-0.25, -0.2) is 10.2 Å². The van der Waals surface area contributed by atoms with Gasteiger partial charge in [0.15, 0.2) is 0 Å². The third kappa shape index (κ3) is 4.80. The molecule has 0 aliphatic rings. The fourth-order valence-electron chi connectivity index (χ4n) is 1.83. The highest BCUT2D eigenvalue weighted by Crippen LogP contribution is 2.26. The van der Waals surface area contributed by atoms with Gasteiger partial charge in [0.25, 0.3) is 0 Å². The van der Waals surface area contributed by atoms with Gasteiger partial charge in [-0.3, -0.25) is 0 Å². The van der Waals surface area contributed by atoms with Crippen LogP contribution in [0, 0.1) is 0 Å². The van der Waals surface area contributed by atoms with Crippen molar-refractivity contribution >= 4 is 11.8 Å². The first-order valence-electron chi connectivity index (χ1n) is 7.20. The molecule has 2 aromatic rings. The number of nitrogens with one attached hydrogen (secondary N) is 1. The maximum atomic E-state index is 11.1. The zero-order valence-electron chi connectivity index (χ0n) is 14.3. The molecule has 1 aromatic carbocycles. The molecule has 0 unspecified atom stereocenters. The van der Waals surface area contributed by atoms with Crippen molar-refractivity contribution in [3.8, 4) is 23.5 Å². The molecule has 1 aromatic heterocycles. The first-order chi connectivity index (χ1) is 12.1. The Kier molecular flexibility index (Phi) is 6.10. The number of methoxy groups -OCH3 is 3. The number of rotatable bonds is 6. The molecule has 0 aliphatic carbocycles. The van der Waals surface area contributed by atoms with Crippen molar-refractivity contribution in [2.45, 2.75) is 6.92 Å². The van der Waals surface area contributed by atoms with Crippen molar-refractivity contribution in [1.29, 1.82) is 0 Å². The molecule has 0 radical (unpaired) electrons. The van der Waals surface area contributed by atoms with Gasteiger partial charge in [-0.1, -0.05) is 12.1 Å². The van der Waals surface area contributed by atoms with Crippen LogP contribution in [0.2, 0.25) is 0 Å². The van der Waals surface area contributed by atoms with Crippen LogP contribution in [-0.2, 0) is 4.74 Å². The van der Waals surface area contributed by atoms with Crippen molar-refractivity contribution in [2.24, 2.45) is 5.10 Å². The summed E-state index contributed by atoms with van der Waals surface area (Å²) in [6.45, 7) is 1.71. The van der Waals surface area contributed by atoms with Crippen LogP contribution in [0.3, 0.4) is 0 Å². The summed E-state index contributed by atoms with van der Waals surface area (Å²) < 4.78 is 20.4. The highest BCUT2D eigenvalue weighted by Gasteiger charge is 2.12. The van der Waals surface area contributed by atoms with Gasteiger partial charge in [-0.15, -0.1) is 0 Å². The molecular formula is C16H18N4O5. The summed E-state index contributed by atoms with van der Waals surface area (Å²) in [6, 6.07) is 8.69. The van der Waals surface area contributed by atoms with Crippen LogP contribution in [0.15, 0.2) is 35.4 Å². The lowest BCUT2D eigenvalue weighted by Gasteiger charge is -2.11. The lowest BCUT2D eigenvalue weighted by atomic mass is 10.1. The Morgan fingerprint density at radius 2 is 1.72 bits per heavy atom. The summed E-state index contributed by atoms with van der Waals surface area (Å²) in [7, 11) is 4.22. The van der Waals surface area contributed by atoms with Crippen LogP contribution in [0.1, 0.15) is 12.5 Å². The summed E-state index contributed by atoms with van der Waals surface area (Å²) >= 11 is 0. The summed E-state index contributed by atoms with van der Waals surface area (Å²) in [4.78, 5) is 19.4. The number of carbonyl (C=O) groups is 1. The zero-order chi connectivity index (χ0) is 18.2. The number of amides is 1. The van der Waals surface area contributed by atoms with Crippen LogP contribution in [0.25, 0.3) is 0 Å². The summed E-state index contributed by atoms with van der Waals surface area (Å²) in [5.74, 6) is 1.06. The van der Waals surface area contributed by atoms with Crippen LogP contribution in [0.4, 0.5) is 4.79 Å². The SMILES string of the molecule is COC(=O)NN=C(C)c1ccccc1Oc1nc(OC)cc(OC)n1. The van der Waals surface area contributed by atoms with Crippen LogP contribution in [-0.4, -0.2) is 43.1 Å². The van der Waals surface area contributed by atoms with E-state index in [0.717, 1.165) is 0 Å². The Balaban J connectivity index is 2.31. The molecule has 1 amide bonds. The predicted molar refractivity (Wildman–Crippen MR) is 89.4 cm³/mol. The number of ether oxygens (including phenoxy) is 4. The van der Waals surface area contributed by atoms with E-state index in [0.29, 0.717) is 28.8 Å². The van der Waals surface area contributed by atoms with E-state index < -0.39 is 6.09 Å². The minimum Gasteiger partial charge on any atom is -0.481 e. The summed E-state index contributed by atoms with van der Waals surface area (Å²) in [5, 5.41) is 3.96. The summed E-state index contributed by atoms with van der Waals surface area (Å²) in [5.41, 5.74) is 3.41. The second-order valence-corrected chi connectivity index (χ2v) is 4.63. The third-order valence-electron chi connectivity index (χ3n) is 3.06. The molecule has 0 atom stereocenters. The Morgan fingerprint density at radius 3 is 2.32 bits per heavy atom. The summed E-state index contributed by atoms with van der Waals surface area (Å²) in [6.07, 6.45) is -0.668. The smallest absolute Gasteiger partial charge is 0.427 e. The molecular weight excluding hydrogens is 328 g/mol. The van der Waals surface area contributed by atoms with Crippen LogP contribution >= 0.6 is 0 Å². The number of para-hydroxylation sites is 1.